The highest BCUT2D eigenvalue weighted by Crippen LogP contribution is 2.33. The van der Waals surface area contributed by atoms with Crippen LogP contribution in [0.25, 0.3) is 0 Å². The van der Waals surface area contributed by atoms with E-state index in [0.717, 1.165) is 0 Å². The van der Waals surface area contributed by atoms with E-state index in [1.165, 1.54) is 18.2 Å². The molecule has 0 radical (unpaired) electrons. The molecule has 2 rings (SSSR count). The highest BCUT2D eigenvalue weighted by molar-refractivity contribution is 7.85. The normalized spacial score (nSPS) is 20.5. The first-order chi connectivity index (χ1) is 6.98. The van der Waals surface area contributed by atoms with E-state index in [1.807, 2.05) is 0 Å². The zero-order chi connectivity index (χ0) is 11.1. The molecule has 1 unspecified atom stereocenters. The van der Waals surface area contributed by atoms with Crippen LogP contribution in [0.15, 0.2) is 23.1 Å². The molecule has 0 saturated carbocycles. The van der Waals surface area contributed by atoms with Crippen molar-refractivity contribution in [3.8, 4) is 5.75 Å². The zero-order valence-electron chi connectivity index (χ0n) is 7.75. The van der Waals surface area contributed by atoms with Crippen LogP contribution >= 0.6 is 0 Å². The maximum absolute atomic E-state index is 10.8. The molecular weight excluding hydrogens is 220 g/mol. The van der Waals surface area contributed by atoms with Crippen LogP contribution < -0.4 is 4.74 Å². The van der Waals surface area contributed by atoms with Crippen LogP contribution in [0.5, 0.6) is 5.75 Å². The number of benzene rings is 1. The van der Waals surface area contributed by atoms with Crippen molar-refractivity contribution >= 4 is 10.1 Å². The van der Waals surface area contributed by atoms with Crippen molar-refractivity contribution in [1.29, 1.82) is 0 Å². The fraction of sp³-hybridized carbons (Fsp3) is 0.333. The minimum absolute atomic E-state index is 0.227. The van der Waals surface area contributed by atoms with E-state index in [-0.39, 0.29) is 4.90 Å². The average Bonchev–Trinajstić information content (AvgIpc) is 2.16. The lowest BCUT2D eigenvalue weighted by molar-refractivity contribution is 0.115. The molecule has 0 spiro atoms. The van der Waals surface area contributed by atoms with Gasteiger partial charge in [0.15, 0.2) is 0 Å². The smallest absolute Gasteiger partial charge is 0.294 e. The molecule has 15 heavy (non-hydrogen) atoms. The van der Waals surface area contributed by atoms with Crippen molar-refractivity contribution in [2.24, 2.45) is 0 Å². The van der Waals surface area contributed by atoms with E-state index < -0.39 is 16.2 Å². The van der Waals surface area contributed by atoms with Crippen LogP contribution in [-0.4, -0.2) is 24.7 Å². The lowest BCUT2D eigenvalue weighted by Crippen LogP contribution is -2.14. The predicted molar refractivity (Wildman–Crippen MR) is 51.3 cm³/mol. The first-order valence-electron chi connectivity index (χ1n) is 4.41. The monoisotopic (exact) mass is 230 g/mol. The first-order valence-corrected chi connectivity index (χ1v) is 5.85. The molecule has 0 bridgehead atoms. The molecule has 1 aliphatic rings. The van der Waals surface area contributed by atoms with Crippen molar-refractivity contribution in [2.75, 3.05) is 6.61 Å². The topological polar surface area (TPSA) is 83.8 Å². The van der Waals surface area contributed by atoms with Crippen LogP contribution in [0.4, 0.5) is 0 Å². The summed E-state index contributed by atoms with van der Waals surface area (Å²) in [6, 6.07) is 3.90. The van der Waals surface area contributed by atoms with Crippen LogP contribution in [-0.2, 0) is 10.1 Å². The van der Waals surface area contributed by atoms with Gasteiger partial charge >= 0.3 is 0 Å². The van der Waals surface area contributed by atoms with Gasteiger partial charge in [0.2, 0.25) is 0 Å². The van der Waals surface area contributed by atoms with Gasteiger partial charge in [-0.15, -0.1) is 0 Å². The lowest BCUT2D eigenvalue weighted by atomic mass is 10.0. The summed E-state index contributed by atoms with van der Waals surface area (Å²) < 4.78 is 35.7. The summed E-state index contributed by atoms with van der Waals surface area (Å²) in [5, 5.41) is 9.56. The minimum atomic E-state index is -4.22. The third-order valence-corrected chi connectivity index (χ3v) is 3.14. The van der Waals surface area contributed by atoms with E-state index in [2.05, 4.69) is 0 Å². The molecule has 1 aromatic carbocycles. The lowest BCUT2D eigenvalue weighted by Gasteiger charge is -2.22. The molecule has 0 fully saturated rings. The maximum Gasteiger partial charge on any atom is 0.294 e. The molecule has 0 saturated heterocycles. The molecular formula is C9H10O5S. The summed E-state index contributed by atoms with van der Waals surface area (Å²) in [4.78, 5) is -0.227. The van der Waals surface area contributed by atoms with Crippen LogP contribution in [0.2, 0.25) is 0 Å². The third-order valence-electron chi connectivity index (χ3n) is 2.29. The standard InChI is InChI=1S/C9H10O5S/c10-8-3-4-14-9-5-6(15(11,12)13)1-2-7(8)9/h1-2,5,8,10H,3-4H2,(H,11,12,13). The Morgan fingerprint density at radius 2 is 2.13 bits per heavy atom. The van der Waals surface area contributed by atoms with Crippen molar-refractivity contribution in [1.82, 2.24) is 0 Å². The molecule has 0 aliphatic carbocycles. The van der Waals surface area contributed by atoms with Crippen molar-refractivity contribution in [3.05, 3.63) is 23.8 Å². The second-order valence-corrected chi connectivity index (χ2v) is 4.75. The van der Waals surface area contributed by atoms with Crippen LogP contribution in [0.3, 0.4) is 0 Å². The number of aliphatic hydroxyl groups is 1. The molecule has 0 aromatic heterocycles. The van der Waals surface area contributed by atoms with Gasteiger partial charge in [0.25, 0.3) is 10.1 Å². The highest BCUT2D eigenvalue weighted by Gasteiger charge is 2.21. The highest BCUT2D eigenvalue weighted by atomic mass is 32.2. The van der Waals surface area contributed by atoms with Crippen LogP contribution in [0.1, 0.15) is 18.1 Å². The van der Waals surface area contributed by atoms with Gasteiger partial charge in [0.1, 0.15) is 5.75 Å². The number of rotatable bonds is 1. The average molecular weight is 230 g/mol. The largest absolute Gasteiger partial charge is 0.493 e. The Bertz CT molecular complexity index is 479. The minimum Gasteiger partial charge on any atom is -0.493 e. The zero-order valence-corrected chi connectivity index (χ0v) is 8.57. The predicted octanol–water partition coefficient (Wildman–Crippen LogP) is 0.749. The first kappa shape index (κ1) is 10.4. The van der Waals surface area contributed by atoms with Gasteiger partial charge < -0.3 is 9.84 Å². The van der Waals surface area contributed by atoms with Gasteiger partial charge in [-0.25, -0.2) is 0 Å². The Hall–Kier alpha value is -1.11. The molecule has 82 valence electrons. The Labute approximate surface area is 87.1 Å². The summed E-state index contributed by atoms with van der Waals surface area (Å²) >= 11 is 0. The number of aliphatic hydroxyl groups excluding tert-OH is 1. The fourth-order valence-electron chi connectivity index (χ4n) is 1.51. The molecule has 1 atom stereocenters. The van der Waals surface area contributed by atoms with E-state index in [4.69, 9.17) is 9.29 Å². The van der Waals surface area contributed by atoms with Gasteiger partial charge in [0.05, 0.1) is 17.6 Å². The van der Waals surface area contributed by atoms with E-state index in [1.54, 1.807) is 0 Å². The van der Waals surface area contributed by atoms with E-state index in [9.17, 15) is 13.5 Å². The molecule has 0 amide bonds. The van der Waals surface area contributed by atoms with Crippen molar-refractivity contribution < 1.29 is 22.8 Å². The summed E-state index contributed by atoms with van der Waals surface area (Å²) in [7, 11) is -4.22. The summed E-state index contributed by atoms with van der Waals surface area (Å²) in [5.74, 6) is 0.309. The quantitative estimate of drug-likeness (QED) is 0.695. The van der Waals surface area contributed by atoms with Crippen LogP contribution in [0, 0.1) is 0 Å². The van der Waals surface area contributed by atoms with E-state index >= 15 is 0 Å². The van der Waals surface area contributed by atoms with E-state index in [0.29, 0.717) is 24.3 Å². The van der Waals surface area contributed by atoms with Gasteiger partial charge in [-0.2, -0.15) is 8.42 Å². The second-order valence-electron chi connectivity index (χ2n) is 3.33. The SMILES string of the molecule is O=S(=O)(O)c1ccc2c(c1)OCCC2O. The summed E-state index contributed by atoms with van der Waals surface area (Å²) in [6.07, 6.45) is -0.151. The van der Waals surface area contributed by atoms with Gasteiger partial charge in [-0.3, -0.25) is 4.55 Å². The molecule has 5 nitrogen and oxygen atoms in total. The summed E-state index contributed by atoms with van der Waals surface area (Å²) in [5.41, 5.74) is 0.550. The molecule has 1 heterocycles. The molecule has 1 aliphatic heterocycles. The number of hydrogen-bond acceptors (Lipinski definition) is 4. The number of hydrogen-bond donors (Lipinski definition) is 2. The van der Waals surface area contributed by atoms with Gasteiger partial charge in [-0.05, 0) is 6.07 Å². The number of ether oxygens (including phenoxy) is 1. The Balaban J connectivity index is 2.51. The molecule has 6 heteroatoms. The fourth-order valence-corrected chi connectivity index (χ4v) is 2.01. The number of fused-ring (bicyclic) bond motifs is 1. The Morgan fingerprint density at radius 1 is 1.40 bits per heavy atom. The molecule has 2 N–H and O–H groups in total. The Kier molecular flexibility index (Phi) is 2.41. The molecule has 1 aromatic rings. The summed E-state index contributed by atoms with van der Waals surface area (Å²) in [6.45, 7) is 0.336. The second kappa shape index (κ2) is 3.48. The van der Waals surface area contributed by atoms with Gasteiger partial charge in [0, 0.05) is 18.1 Å². The van der Waals surface area contributed by atoms with Gasteiger partial charge in [-0.1, -0.05) is 6.07 Å². The third kappa shape index (κ3) is 1.97. The maximum atomic E-state index is 10.8. The Morgan fingerprint density at radius 3 is 2.80 bits per heavy atom. The van der Waals surface area contributed by atoms with Crippen molar-refractivity contribution in [3.63, 3.8) is 0 Å². The van der Waals surface area contributed by atoms with Crippen molar-refractivity contribution in [2.45, 2.75) is 17.4 Å².